The van der Waals surface area contributed by atoms with Crippen LogP contribution in [0.5, 0.6) is 11.5 Å². The van der Waals surface area contributed by atoms with E-state index in [0.717, 1.165) is 43.1 Å². The number of likely N-dealkylation sites (N-methyl/N-ethyl adjacent to an activating group) is 1. The summed E-state index contributed by atoms with van der Waals surface area (Å²) in [6.45, 7) is 2.30. The molecule has 5 aliphatic heterocycles. The van der Waals surface area contributed by atoms with E-state index in [9.17, 15) is 19.5 Å². The molecule has 1 aromatic heterocycles. The zero-order valence-electron chi connectivity index (χ0n) is 34.8. The van der Waals surface area contributed by atoms with Gasteiger partial charge in [-0.25, -0.2) is 8.78 Å². The van der Waals surface area contributed by atoms with E-state index >= 15 is 8.78 Å². The normalized spacial score (nSPS) is 24.2. The van der Waals surface area contributed by atoms with Gasteiger partial charge in [0.05, 0.1) is 30.4 Å². The Balaban J connectivity index is 0.761. The minimum Gasteiger partial charge on any atom is -0.507 e. The minimum atomic E-state index is -3.06. The first-order valence-electron chi connectivity index (χ1n) is 21.7. The van der Waals surface area contributed by atoms with Gasteiger partial charge in [0, 0.05) is 87.6 Å². The van der Waals surface area contributed by atoms with Crippen LogP contribution in [0.1, 0.15) is 56.4 Å². The highest BCUT2D eigenvalue weighted by Crippen LogP contribution is 2.42. The van der Waals surface area contributed by atoms with Gasteiger partial charge in [0.25, 0.3) is 5.92 Å². The van der Waals surface area contributed by atoms with Crippen LogP contribution in [-0.2, 0) is 14.4 Å². The number of hydrogen-bond acceptors (Lipinski definition) is 12. The molecule has 3 amide bonds. The number of anilines is 4. The number of nitrogen functional groups attached to an aromatic ring is 1. The van der Waals surface area contributed by atoms with E-state index in [-0.39, 0.29) is 61.0 Å². The van der Waals surface area contributed by atoms with E-state index in [4.69, 9.17) is 10.5 Å². The number of piperazine rings is 1. The number of hydrogen-bond donors (Lipinski definition) is 3. The number of amides is 3. The second kappa shape index (κ2) is 17.0. The van der Waals surface area contributed by atoms with Crippen LogP contribution >= 0.6 is 0 Å². The number of phenols is 1. The molecule has 5 saturated heterocycles. The first-order chi connectivity index (χ1) is 29.9. The van der Waals surface area contributed by atoms with E-state index in [2.05, 4.69) is 37.4 Å². The fourth-order valence-electron chi connectivity index (χ4n) is 10.2. The molecular weight excluding hydrogens is 797 g/mol. The Labute approximate surface area is 359 Å². The molecule has 6 heterocycles. The van der Waals surface area contributed by atoms with Crippen molar-refractivity contribution in [1.29, 1.82) is 0 Å². The molecule has 0 spiro atoms. The van der Waals surface area contributed by atoms with Gasteiger partial charge in [-0.2, -0.15) is 0 Å². The molecule has 4 aromatic rings. The monoisotopic (exact) mass is 849 g/mol. The van der Waals surface area contributed by atoms with Gasteiger partial charge < -0.3 is 35.2 Å². The van der Waals surface area contributed by atoms with Crippen molar-refractivity contribution in [3.05, 3.63) is 84.4 Å². The molecule has 5 aliphatic rings. The van der Waals surface area contributed by atoms with E-state index in [1.54, 1.807) is 58.1 Å². The van der Waals surface area contributed by atoms with Crippen LogP contribution in [0.15, 0.2) is 78.9 Å². The number of nitrogens with two attached hydrogens (primary N) is 1. The van der Waals surface area contributed by atoms with E-state index < -0.39 is 24.4 Å². The van der Waals surface area contributed by atoms with Crippen molar-refractivity contribution in [3.63, 3.8) is 0 Å². The largest absolute Gasteiger partial charge is 0.507 e. The summed E-state index contributed by atoms with van der Waals surface area (Å²) in [5, 5.41) is 21.3. The number of imide groups is 1. The molecule has 4 N–H and O–H groups in total. The van der Waals surface area contributed by atoms with Gasteiger partial charge >= 0.3 is 0 Å². The number of likely N-dealkylation sites (tertiary alicyclic amines) is 2. The number of ether oxygens (including phenoxy) is 1. The van der Waals surface area contributed by atoms with Gasteiger partial charge in [0.15, 0.2) is 5.82 Å². The number of para-hydroxylation sites is 1. The summed E-state index contributed by atoms with van der Waals surface area (Å²) in [7, 11) is 1.74. The SMILES string of the molecule is CN(c1cccc([C@@H]2CCN(CC(=O)N3CCC(Oc4cccc(N5[C@@H]6CC[C@H]5CN(c5cc(-c7ccccc7O)nnc5N)C6)c4)CC3)CC2(F)F)c1)[C@@H]1CCC(=O)NC1=O. The number of alkyl halides is 2. The van der Waals surface area contributed by atoms with E-state index in [0.29, 0.717) is 67.2 Å². The number of aromatic nitrogens is 2. The maximum atomic E-state index is 15.8. The molecule has 62 heavy (non-hydrogen) atoms. The van der Waals surface area contributed by atoms with Crippen LogP contribution in [0.2, 0.25) is 0 Å². The van der Waals surface area contributed by atoms with Crippen molar-refractivity contribution >= 4 is 40.6 Å². The van der Waals surface area contributed by atoms with Crippen LogP contribution in [0.3, 0.4) is 0 Å². The van der Waals surface area contributed by atoms with Gasteiger partial charge in [0.2, 0.25) is 17.7 Å². The number of piperidine rings is 3. The summed E-state index contributed by atoms with van der Waals surface area (Å²) in [5.41, 5.74) is 10.6. The smallest absolute Gasteiger partial charge is 0.267 e. The zero-order chi connectivity index (χ0) is 43.1. The van der Waals surface area contributed by atoms with Gasteiger partial charge in [-0.1, -0.05) is 30.3 Å². The molecule has 5 fully saturated rings. The lowest BCUT2D eigenvalue weighted by atomic mass is 9.85. The standard InChI is InChI=1S/C46H53F2N9O5/c1-53(39-14-15-42(59)50-45(39)61)30-7-4-6-29(22-30)37-18-19-54(28-46(37,47)48)27-43(60)55-20-16-34(17-21-55)62-35-9-5-8-31(23-35)57-32-12-13-33(57)26-56(25-32)40-24-38(51-52-44(40)49)36-10-2-3-11-41(36)58/h2-11,22-24,32-34,37,39,58H,12-21,25-28H2,1H3,(H2,49,52)(H,50,59,61)/t32-,33+,37-,39+/m0/s1. The van der Waals surface area contributed by atoms with Gasteiger partial charge in [-0.15, -0.1) is 10.2 Å². The van der Waals surface area contributed by atoms with Gasteiger partial charge in [-0.3, -0.25) is 24.6 Å². The number of carbonyl (C=O) groups excluding carboxylic acids is 3. The maximum absolute atomic E-state index is 15.8. The van der Waals surface area contributed by atoms with Crippen molar-refractivity contribution in [2.24, 2.45) is 0 Å². The number of rotatable bonds is 10. The number of benzene rings is 3. The topological polar surface area (TPSA) is 161 Å². The third kappa shape index (κ3) is 8.44. The van der Waals surface area contributed by atoms with Gasteiger partial charge in [0.1, 0.15) is 23.6 Å². The molecule has 14 nitrogen and oxygen atoms in total. The minimum absolute atomic E-state index is 0.0637. The van der Waals surface area contributed by atoms with E-state index in [1.807, 2.05) is 30.3 Å². The Morgan fingerprint density at radius 3 is 2.42 bits per heavy atom. The molecule has 4 atom stereocenters. The molecule has 9 rings (SSSR count). The lowest BCUT2D eigenvalue weighted by Gasteiger charge is -2.43. The molecule has 16 heteroatoms. The van der Waals surface area contributed by atoms with Crippen LogP contribution in [0, 0.1) is 0 Å². The summed E-state index contributed by atoms with van der Waals surface area (Å²) in [4.78, 5) is 47.4. The highest BCUT2D eigenvalue weighted by Gasteiger charge is 2.46. The lowest BCUT2D eigenvalue weighted by molar-refractivity contribution is -0.138. The first kappa shape index (κ1) is 41.3. The Bertz CT molecular complexity index is 2310. The second-order valence-corrected chi connectivity index (χ2v) is 17.4. The lowest BCUT2D eigenvalue weighted by Crippen LogP contribution is -2.54. The summed E-state index contributed by atoms with van der Waals surface area (Å²) in [6.07, 6.45) is 4.08. The number of fused-ring (bicyclic) bond motifs is 2. The fraction of sp³-hybridized carbons (Fsp3) is 0.457. The zero-order valence-corrected chi connectivity index (χ0v) is 34.8. The van der Waals surface area contributed by atoms with Crippen LogP contribution in [-0.4, -0.2) is 126 Å². The summed E-state index contributed by atoms with van der Waals surface area (Å²) < 4.78 is 38.1. The summed E-state index contributed by atoms with van der Waals surface area (Å²) >= 11 is 0. The highest BCUT2D eigenvalue weighted by molar-refractivity contribution is 6.01. The Morgan fingerprint density at radius 2 is 1.68 bits per heavy atom. The fourth-order valence-corrected chi connectivity index (χ4v) is 10.2. The van der Waals surface area contributed by atoms with Gasteiger partial charge in [-0.05, 0) is 80.3 Å². The quantitative estimate of drug-likeness (QED) is 0.183. The van der Waals surface area contributed by atoms with E-state index in [1.165, 1.54) is 0 Å². The molecule has 2 bridgehead atoms. The number of aromatic hydroxyl groups is 1. The molecule has 326 valence electrons. The first-order valence-corrected chi connectivity index (χ1v) is 21.7. The number of phenolic OH excluding ortho intramolecular Hbond substituents is 1. The number of nitrogens with one attached hydrogen (secondary N) is 1. The average Bonchev–Trinajstić information content (AvgIpc) is 3.52. The highest BCUT2D eigenvalue weighted by atomic mass is 19.3. The van der Waals surface area contributed by atoms with Crippen LogP contribution in [0.4, 0.5) is 31.7 Å². The van der Waals surface area contributed by atoms with Crippen molar-refractivity contribution < 1.29 is 33.0 Å². The number of carbonyl (C=O) groups is 3. The average molecular weight is 850 g/mol. The Hall–Kier alpha value is -6.03. The molecule has 0 radical (unpaired) electrons. The number of halogens is 2. The van der Waals surface area contributed by atoms with Crippen LogP contribution in [0.25, 0.3) is 11.3 Å². The van der Waals surface area contributed by atoms with Crippen molar-refractivity contribution in [3.8, 4) is 22.8 Å². The third-order valence-electron chi connectivity index (χ3n) is 13.4. The predicted molar refractivity (Wildman–Crippen MR) is 231 cm³/mol. The molecule has 0 unspecified atom stereocenters. The summed E-state index contributed by atoms with van der Waals surface area (Å²) in [5.74, 6) is -3.65. The van der Waals surface area contributed by atoms with Crippen LogP contribution < -0.4 is 30.5 Å². The molecule has 0 aliphatic carbocycles. The predicted octanol–water partition coefficient (Wildman–Crippen LogP) is 5.03. The summed E-state index contributed by atoms with van der Waals surface area (Å²) in [6, 6.07) is 24.1. The Kier molecular flexibility index (Phi) is 11.4. The number of nitrogens with zero attached hydrogens (tertiary/aromatic N) is 7. The van der Waals surface area contributed by atoms with Crippen molar-refractivity contribution in [1.82, 2.24) is 25.3 Å². The molecule has 3 aromatic carbocycles. The van der Waals surface area contributed by atoms with Crippen molar-refractivity contribution in [2.75, 3.05) is 73.3 Å². The molecular formula is C46H53F2N9O5. The maximum Gasteiger partial charge on any atom is 0.267 e. The molecule has 0 saturated carbocycles. The Morgan fingerprint density at radius 1 is 0.919 bits per heavy atom. The second-order valence-electron chi connectivity index (χ2n) is 17.4. The third-order valence-corrected chi connectivity index (χ3v) is 13.4. The van der Waals surface area contributed by atoms with Crippen molar-refractivity contribution in [2.45, 2.75) is 81.0 Å².